The molecule has 0 aliphatic rings. The Morgan fingerprint density at radius 3 is 2.35 bits per heavy atom. The fraction of sp³-hybridized carbons (Fsp3) is 0.455. The fourth-order valence-electron chi connectivity index (χ4n) is 1.47. The molecule has 0 radical (unpaired) electrons. The summed E-state index contributed by atoms with van der Waals surface area (Å²) >= 11 is 5.64. The van der Waals surface area contributed by atoms with E-state index in [1.54, 1.807) is 0 Å². The van der Waals surface area contributed by atoms with Gasteiger partial charge in [-0.1, -0.05) is 24.9 Å². The van der Waals surface area contributed by atoms with Gasteiger partial charge in [0.2, 0.25) is 0 Å². The minimum atomic E-state index is -4.38. The van der Waals surface area contributed by atoms with Gasteiger partial charge in [-0.15, -0.1) is 12.4 Å². The Morgan fingerprint density at radius 1 is 1.29 bits per heavy atom. The van der Waals surface area contributed by atoms with Gasteiger partial charge in [0.25, 0.3) is 0 Å². The van der Waals surface area contributed by atoms with Gasteiger partial charge < -0.3 is 5.73 Å². The average Bonchev–Trinajstić information content (AvgIpc) is 2.16. The number of nitrogens with two attached hydrogens (primary N) is 1. The van der Waals surface area contributed by atoms with Crippen molar-refractivity contribution in [1.29, 1.82) is 0 Å². The lowest BCUT2D eigenvalue weighted by atomic mass is 10.0. The highest BCUT2D eigenvalue weighted by molar-refractivity contribution is 6.30. The van der Waals surface area contributed by atoms with Crippen molar-refractivity contribution in [3.05, 3.63) is 34.3 Å². The molecular formula is C11H14Cl2F3N. The molecule has 1 nitrogen and oxygen atoms in total. The number of benzene rings is 1. The fourth-order valence-corrected chi connectivity index (χ4v) is 1.71. The first-order chi connectivity index (χ1) is 7.34. The van der Waals surface area contributed by atoms with Crippen LogP contribution in [-0.2, 0) is 6.18 Å². The molecule has 1 aromatic carbocycles. The Balaban J connectivity index is 0.00000256. The Labute approximate surface area is 110 Å². The average molecular weight is 288 g/mol. The monoisotopic (exact) mass is 287 g/mol. The van der Waals surface area contributed by atoms with Gasteiger partial charge in [-0.05, 0) is 30.2 Å². The van der Waals surface area contributed by atoms with Crippen LogP contribution in [0.3, 0.4) is 0 Å². The zero-order valence-corrected chi connectivity index (χ0v) is 10.8. The first kappa shape index (κ1) is 16.6. The Hall–Kier alpha value is -0.450. The number of hydrogen-bond acceptors (Lipinski definition) is 1. The number of halogens is 5. The standard InChI is InChI=1S/C11H13ClF3N.ClH/c1-2-3-10(16)7-4-8(11(13,14)15)6-9(12)5-7;/h4-6,10H,2-3,16H2,1H3;1H/t10-;/m0./s1. The van der Waals surface area contributed by atoms with Gasteiger partial charge in [0.15, 0.2) is 0 Å². The number of hydrogen-bond donors (Lipinski definition) is 1. The third-order valence-electron chi connectivity index (χ3n) is 2.28. The summed E-state index contributed by atoms with van der Waals surface area (Å²) in [7, 11) is 0. The van der Waals surface area contributed by atoms with Crippen LogP contribution in [0.4, 0.5) is 13.2 Å². The molecule has 1 atom stereocenters. The molecule has 0 fully saturated rings. The summed E-state index contributed by atoms with van der Waals surface area (Å²) in [6, 6.07) is 3.05. The van der Waals surface area contributed by atoms with Gasteiger partial charge in [0.05, 0.1) is 5.56 Å². The summed E-state index contributed by atoms with van der Waals surface area (Å²) in [6.07, 6.45) is -2.93. The molecular weight excluding hydrogens is 274 g/mol. The zero-order valence-electron chi connectivity index (χ0n) is 9.22. The normalized spacial score (nSPS) is 13.1. The molecule has 0 heterocycles. The molecule has 0 saturated carbocycles. The second-order valence-electron chi connectivity index (χ2n) is 3.67. The van der Waals surface area contributed by atoms with Crippen molar-refractivity contribution in [2.45, 2.75) is 32.0 Å². The summed E-state index contributed by atoms with van der Waals surface area (Å²) in [6.45, 7) is 1.93. The van der Waals surface area contributed by atoms with E-state index in [0.717, 1.165) is 18.6 Å². The molecule has 17 heavy (non-hydrogen) atoms. The maximum absolute atomic E-state index is 12.5. The molecule has 2 N–H and O–H groups in total. The molecule has 1 aromatic rings. The quantitative estimate of drug-likeness (QED) is 0.865. The van der Waals surface area contributed by atoms with Crippen LogP contribution in [0.15, 0.2) is 18.2 Å². The van der Waals surface area contributed by atoms with Crippen molar-refractivity contribution in [2.75, 3.05) is 0 Å². The first-order valence-electron chi connectivity index (χ1n) is 4.98. The first-order valence-corrected chi connectivity index (χ1v) is 5.35. The molecule has 0 unspecified atom stereocenters. The predicted octanol–water partition coefficient (Wildman–Crippen LogP) is 4.58. The van der Waals surface area contributed by atoms with Crippen molar-refractivity contribution < 1.29 is 13.2 Å². The lowest BCUT2D eigenvalue weighted by molar-refractivity contribution is -0.137. The van der Waals surface area contributed by atoms with Crippen LogP contribution in [0.5, 0.6) is 0 Å². The highest BCUT2D eigenvalue weighted by Crippen LogP contribution is 2.33. The molecule has 6 heteroatoms. The smallest absolute Gasteiger partial charge is 0.324 e. The SMILES string of the molecule is CCC[C@H](N)c1cc(Cl)cc(C(F)(F)F)c1.Cl. The Kier molecular flexibility index (Phi) is 6.30. The highest BCUT2D eigenvalue weighted by Gasteiger charge is 2.31. The van der Waals surface area contributed by atoms with E-state index in [4.69, 9.17) is 17.3 Å². The molecule has 0 amide bonds. The van der Waals surface area contributed by atoms with Gasteiger partial charge in [-0.3, -0.25) is 0 Å². The Bertz CT molecular complexity index is 366. The molecule has 1 rings (SSSR count). The lowest BCUT2D eigenvalue weighted by Gasteiger charge is -2.14. The van der Waals surface area contributed by atoms with Crippen molar-refractivity contribution >= 4 is 24.0 Å². The van der Waals surface area contributed by atoms with E-state index in [9.17, 15) is 13.2 Å². The van der Waals surface area contributed by atoms with E-state index in [1.165, 1.54) is 6.07 Å². The summed E-state index contributed by atoms with van der Waals surface area (Å²) in [5.74, 6) is 0. The van der Waals surface area contributed by atoms with Crippen LogP contribution < -0.4 is 5.73 Å². The summed E-state index contributed by atoms with van der Waals surface area (Å²) < 4.78 is 37.5. The summed E-state index contributed by atoms with van der Waals surface area (Å²) in [4.78, 5) is 0. The summed E-state index contributed by atoms with van der Waals surface area (Å²) in [5.41, 5.74) is 5.44. The van der Waals surface area contributed by atoms with E-state index < -0.39 is 17.8 Å². The lowest BCUT2D eigenvalue weighted by Crippen LogP contribution is -2.12. The number of alkyl halides is 3. The topological polar surface area (TPSA) is 26.0 Å². The molecule has 0 aliphatic heterocycles. The van der Waals surface area contributed by atoms with Crippen molar-refractivity contribution in [1.82, 2.24) is 0 Å². The van der Waals surface area contributed by atoms with Crippen LogP contribution in [-0.4, -0.2) is 0 Å². The van der Waals surface area contributed by atoms with Gasteiger partial charge in [-0.25, -0.2) is 0 Å². The largest absolute Gasteiger partial charge is 0.416 e. The Morgan fingerprint density at radius 2 is 1.88 bits per heavy atom. The minimum absolute atomic E-state index is 0. The molecule has 0 saturated heterocycles. The zero-order chi connectivity index (χ0) is 12.3. The van der Waals surface area contributed by atoms with Gasteiger partial charge >= 0.3 is 6.18 Å². The maximum atomic E-state index is 12.5. The third-order valence-corrected chi connectivity index (χ3v) is 2.49. The van der Waals surface area contributed by atoms with E-state index in [1.807, 2.05) is 6.92 Å². The van der Waals surface area contributed by atoms with E-state index in [0.29, 0.717) is 12.0 Å². The molecule has 0 aliphatic carbocycles. The van der Waals surface area contributed by atoms with E-state index >= 15 is 0 Å². The van der Waals surface area contributed by atoms with Crippen LogP contribution in [0.2, 0.25) is 5.02 Å². The van der Waals surface area contributed by atoms with Gasteiger partial charge in [0, 0.05) is 11.1 Å². The maximum Gasteiger partial charge on any atom is 0.416 e. The van der Waals surface area contributed by atoms with Crippen LogP contribution in [0.25, 0.3) is 0 Å². The molecule has 0 bridgehead atoms. The summed E-state index contributed by atoms with van der Waals surface area (Å²) in [5, 5.41) is 0.0661. The predicted molar refractivity (Wildman–Crippen MR) is 65.5 cm³/mol. The van der Waals surface area contributed by atoms with E-state index in [2.05, 4.69) is 0 Å². The second-order valence-corrected chi connectivity index (χ2v) is 4.10. The van der Waals surface area contributed by atoms with Gasteiger partial charge in [-0.2, -0.15) is 13.2 Å². The molecule has 0 spiro atoms. The highest BCUT2D eigenvalue weighted by atomic mass is 35.5. The van der Waals surface area contributed by atoms with Crippen LogP contribution in [0.1, 0.15) is 36.9 Å². The van der Waals surface area contributed by atoms with E-state index in [-0.39, 0.29) is 17.4 Å². The van der Waals surface area contributed by atoms with Crippen molar-refractivity contribution in [3.8, 4) is 0 Å². The van der Waals surface area contributed by atoms with Crippen molar-refractivity contribution in [3.63, 3.8) is 0 Å². The molecule has 0 aromatic heterocycles. The van der Waals surface area contributed by atoms with Crippen LogP contribution in [0, 0.1) is 0 Å². The molecule has 98 valence electrons. The third kappa shape index (κ3) is 4.74. The van der Waals surface area contributed by atoms with Crippen LogP contribution >= 0.6 is 24.0 Å². The second kappa shape index (κ2) is 6.47. The number of rotatable bonds is 3. The minimum Gasteiger partial charge on any atom is -0.324 e. The van der Waals surface area contributed by atoms with Crippen molar-refractivity contribution in [2.24, 2.45) is 5.73 Å². The van der Waals surface area contributed by atoms with Gasteiger partial charge in [0.1, 0.15) is 0 Å².